The number of aliphatic imine (C=N–C) groups is 1. The third kappa shape index (κ3) is 2.59. The fourth-order valence-corrected chi connectivity index (χ4v) is 1.85. The molecule has 74 valence electrons. The molecule has 0 aromatic carbocycles. The van der Waals surface area contributed by atoms with E-state index in [0.717, 1.165) is 32.1 Å². The second kappa shape index (κ2) is 4.46. The summed E-state index contributed by atoms with van der Waals surface area (Å²) in [7, 11) is 0. The summed E-state index contributed by atoms with van der Waals surface area (Å²) in [5.41, 5.74) is 0. The lowest BCUT2D eigenvalue weighted by molar-refractivity contribution is 0.343. The second-order valence-corrected chi connectivity index (χ2v) is 3.63. The van der Waals surface area contributed by atoms with Gasteiger partial charge in [-0.1, -0.05) is 0 Å². The van der Waals surface area contributed by atoms with E-state index in [9.17, 15) is 0 Å². The molecule has 0 bridgehead atoms. The van der Waals surface area contributed by atoms with E-state index in [2.05, 4.69) is 20.5 Å². The summed E-state index contributed by atoms with van der Waals surface area (Å²) in [5.74, 6) is 0.985. The van der Waals surface area contributed by atoms with Crippen molar-refractivity contribution in [2.75, 3.05) is 39.3 Å². The van der Waals surface area contributed by atoms with Crippen LogP contribution >= 0.6 is 0 Å². The molecule has 0 aromatic rings. The van der Waals surface area contributed by atoms with Gasteiger partial charge in [-0.15, -0.1) is 0 Å². The Morgan fingerprint density at radius 2 is 2.23 bits per heavy atom. The minimum absolute atomic E-state index is 0.923. The van der Waals surface area contributed by atoms with Crippen LogP contribution in [0.3, 0.4) is 0 Å². The predicted molar refractivity (Wildman–Crippen MR) is 54.0 cm³/mol. The first kappa shape index (κ1) is 8.81. The Morgan fingerprint density at radius 1 is 1.38 bits per heavy atom. The van der Waals surface area contributed by atoms with E-state index in [0.29, 0.717) is 0 Å². The molecule has 1 fully saturated rings. The van der Waals surface area contributed by atoms with Crippen LogP contribution in [0.4, 0.5) is 0 Å². The predicted octanol–water partition coefficient (Wildman–Crippen LogP) is -0.369. The lowest BCUT2D eigenvalue weighted by atomic mass is 10.4. The van der Waals surface area contributed by atoms with Crippen LogP contribution < -0.4 is 10.6 Å². The molecule has 0 amide bonds. The monoisotopic (exact) mass is 182 g/mol. The van der Waals surface area contributed by atoms with Crippen LogP contribution in [-0.2, 0) is 0 Å². The third-order valence-electron chi connectivity index (χ3n) is 2.59. The van der Waals surface area contributed by atoms with Crippen molar-refractivity contribution in [2.24, 2.45) is 4.99 Å². The molecule has 4 heteroatoms. The molecule has 0 spiro atoms. The zero-order chi connectivity index (χ0) is 8.93. The number of nitrogens with zero attached hydrogens (tertiary/aromatic N) is 2. The Labute approximate surface area is 79.4 Å². The molecule has 2 heterocycles. The minimum Gasteiger partial charge on any atom is -0.355 e. The molecule has 1 saturated heterocycles. The van der Waals surface area contributed by atoms with Crippen molar-refractivity contribution in [1.82, 2.24) is 15.5 Å². The zero-order valence-electron chi connectivity index (χ0n) is 8.05. The second-order valence-electron chi connectivity index (χ2n) is 3.63. The van der Waals surface area contributed by atoms with Gasteiger partial charge in [0.2, 0.25) is 0 Å². The third-order valence-corrected chi connectivity index (χ3v) is 2.59. The number of guanidine groups is 1. The molecule has 2 rings (SSSR count). The van der Waals surface area contributed by atoms with Crippen LogP contribution in [-0.4, -0.2) is 50.1 Å². The molecule has 2 aliphatic rings. The van der Waals surface area contributed by atoms with Crippen LogP contribution in [0.15, 0.2) is 4.99 Å². The lowest BCUT2D eigenvalue weighted by Crippen LogP contribution is -2.38. The number of nitrogens with one attached hydrogen (secondary N) is 2. The van der Waals surface area contributed by atoms with Crippen molar-refractivity contribution >= 4 is 5.96 Å². The first-order chi connectivity index (χ1) is 6.45. The molecular weight excluding hydrogens is 164 g/mol. The zero-order valence-corrected chi connectivity index (χ0v) is 8.05. The molecule has 0 saturated carbocycles. The van der Waals surface area contributed by atoms with Crippen molar-refractivity contribution < 1.29 is 0 Å². The van der Waals surface area contributed by atoms with Crippen LogP contribution in [0.25, 0.3) is 0 Å². The van der Waals surface area contributed by atoms with Gasteiger partial charge in [0.05, 0.1) is 6.54 Å². The van der Waals surface area contributed by atoms with E-state index < -0.39 is 0 Å². The Kier molecular flexibility index (Phi) is 3.02. The van der Waals surface area contributed by atoms with Gasteiger partial charge in [0.1, 0.15) is 0 Å². The lowest BCUT2D eigenvalue weighted by Gasteiger charge is -2.15. The average Bonchev–Trinajstić information content (AvgIpc) is 2.75. The fraction of sp³-hybridized carbons (Fsp3) is 0.889. The maximum absolute atomic E-state index is 4.28. The van der Waals surface area contributed by atoms with Gasteiger partial charge < -0.3 is 15.5 Å². The first-order valence-electron chi connectivity index (χ1n) is 5.20. The molecule has 0 aromatic heterocycles. The van der Waals surface area contributed by atoms with Gasteiger partial charge in [-0.05, 0) is 25.9 Å². The Hall–Kier alpha value is -0.770. The van der Waals surface area contributed by atoms with E-state index in [1.165, 1.54) is 25.9 Å². The summed E-state index contributed by atoms with van der Waals surface area (Å²) >= 11 is 0. The fourth-order valence-electron chi connectivity index (χ4n) is 1.85. The summed E-state index contributed by atoms with van der Waals surface area (Å²) in [4.78, 5) is 6.78. The van der Waals surface area contributed by atoms with E-state index in [1.807, 2.05) is 0 Å². The van der Waals surface area contributed by atoms with Crippen LogP contribution in [0.1, 0.15) is 12.8 Å². The quantitative estimate of drug-likeness (QED) is 0.625. The largest absolute Gasteiger partial charge is 0.355 e. The van der Waals surface area contributed by atoms with Gasteiger partial charge in [-0.25, -0.2) is 0 Å². The smallest absolute Gasteiger partial charge is 0.191 e. The number of likely N-dealkylation sites (tertiary alicyclic amines) is 1. The van der Waals surface area contributed by atoms with E-state index in [1.54, 1.807) is 0 Å². The van der Waals surface area contributed by atoms with Crippen molar-refractivity contribution in [1.29, 1.82) is 0 Å². The normalized spacial score (nSPS) is 22.9. The molecular formula is C9H18N4. The molecule has 2 aliphatic heterocycles. The number of rotatable bonds is 3. The molecule has 4 nitrogen and oxygen atoms in total. The van der Waals surface area contributed by atoms with Gasteiger partial charge in [-0.3, -0.25) is 4.99 Å². The van der Waals surface area contributed by atoms with Crippen molar-refractivity contribution in [2.45, 2.75) is 12.8 Å². The number of hydrogen-bond donors (Lipinski definition) is 2. The highest BCUT2D eigenvalue weighted by atomic mass is 15.2. The highest BCUT2D eigenvalue weighted by molar-refractivity contribution is 5.81. The first-order valence-corrected chi connectivity index (χ1v) is 5.20. The summed E-state index contributed by atoms with van der Waals surface area (Å²) in [6.07, 6.45) is 2.75. The van der Waals surface area contributed by atoms with Gasteiger partial charge in [0.25, 0.3) is 0 Å². The summed E-state index contributed by atoms with van der Waals surface area (Å²) in [6.45, 7) is 6.65. The van der Waals surface area contributed by atoms with Gasteiger partial charge >= 0.3 is 0 Å². The Balaban J connectivity index is 1.57. The minimum atomic E-state index is 0.923. The van der Waals surface area contributed by atoms with Crippen molar-refractivity contribution in [3.63, 3.8) is 0 Å². The van der Waals surface area contributed by atoms with E-state index >= 15 is 0 Å². The Morgan fingerprint density at radius 3 is 2.92 bits per heavy atom. The summed E-state index contributed by atoms with van der Waals surface area (Å²) in [6, 6.07) is 0. The molecule has 0 radical (unpaired) electrons. The molecule has 0 aliphatic carbocycles. The molecule has 2 N–H and O–H groups in total. The maximum Gasteiger partial charge on any atom is 0.191 e. The highest BCUT2D eigenvalue weighted by Gasteiger charge is 2.11. The standard InChI is InChI=1S/C9H18N4/c1-2-7-13(6-1)8-5-12-9-10-3-4-11-9/h1-8H2,(H2,10,11,12). The SMILES string of the molecule is C1CCN(CCNC2=NCCN2)C1. The van der Waals surface area contributed by atoms with E-state index in [4.69, 9.17) is 0 Å². The molecule has 0 atom stereocenters. The number of hydrogen-bond acceptors (Lipinski definition) is 4. The maximum atomic E-state index is 4.28. The highest BCUT2D eigenvalue weighted by Crippen LogP contribution is 2.05. The summed E-state index contributed by atoms with van der Waals surface area (Å²) < 4.78 is 0. The van der Waals surface area contributed by atoms with Crippen LogP contribution in [0.2, 0.25) is 0 Å². The molecule has 0 unspecified atom stereocenters. The van der Waals surface area contributed by atoms with Gasteiger partial charge in [-0.2, -0.15) is 0 Å². The summed E-state index contributed by atoms with van der Waals surface area (Å²) in [5, 5.41) is 6.51. The van der Waals surface area contributed by atoms with Crippen LogP contribution in [0, 0.1) is 0 Å². The van der Waals surface area contributed by atoms with Gasteiger partial charge in [0, 0.05) is 19.6 Å². The topological polar surface area (TPSA) is 39.7 Å². The van der Waals surface area contributed by atoms with Gasteiger partial charge in [0.15, 0.2) is 5.96 Å². The Bertz CT molecular complexity index is 184. The van der Waals surface area contributed by atoms with E-state index in [-0.39, 0.29) is 0 Å². The van der Waals surface area contributed by atoms with Crippen LogP contribution in [0.5, 0.6) is 0 Å². The average molecular weight is 182 g/mol. The van der Waals surface area contributed by atoms with Crippen molar-refractivity contribution in [3.05, 3.63) is 0 Å². The molecule has 13 heavy (non-hydrogen) atoms. The van der Waals surface area contributed by atoms with Crippen molar-refractivity contribution in [3.8, 4) is 0 Å².